The normalized spacial score (nSPS) is 19.1. The summed E-state index contributed by atoms with van der Waals surface area (Å²) in [5.74, 6) is -2.36. The number of ether oxygens (including phenoxy) is 2. The van der Waals surface area contributed by atoms with Crippen molar-refractivity contribution in [1.82, 2.24) is 20.4 Å². The van der Waals surface area contributed by atoms with Crippen molar-refractivity contribution in [2.45, 2.75) is 44.2 Å². The van der Waals surface area contributed by atoms with Gasteiger partial charge in [-0.3, -0.25) is 48.7 Å². The number of carbonyl (C=O) groups excluding carboxylic acids is 7. The van der Waals surface area contributed by atoms with E-state index >= 15 is 0 Å². The molecule has 2 N–H and O–H groups in total. The number of nitrogens with zero attached hydrogens (tertiary/aromatic N) is 2. The molecule has 0 aromatic heterocycles. The Kier molecular flexibility index (Phi) is 9.86. The van der Waals surface area contributed by atoms with Gasteiger partial charge in [-0.2, -0.15) is 0 Å². The average Bonchev–Trinajstić information content (AvgIpc) is 3.57. The van der Waals surface area contributed by atoms with Crippen LogP contribution >= 0.6 is 0 Å². The summed E-state index contributed by atoms with van der Waals surface area (Å²) in [6.07, 6.45) is 1.79. The molecule has 0 spiro atoms. The maximum absolute atomic E-state index is 13.0. The molecule has 0 aliphatic carbocycles. The number of carbonyl (C=O) groups is 7. The van der Waals surface area contributed by atoms with Crippen LogP contribution in [0.25, 0.3) is 0 Å². The Labute approximate surface area is 309 Å². The first-order valence-corrected chi connectivity index (χ1v) is 17.4. The van der Waals surface area contributed by atoms with Gasteiger partial charge in [-0.15, -0.1) is 0 Å². The molecule has 13 nitrogen and oxygen atoms in total. The Morgan fingerprint density at radius 3 is 1.72 bits per heavy atom. The third-order valence-corrected chi connectivity index (χ3v) is 9.43. The fraction of sp³-hybridized carbons (Fsp3) is 0.195. The van der Waals surface area contributed by atoms with E-state index in [-0.39, 0.29) is 46.8 Å². The molecule has 0 saturated carbocycles. The van der Waals surface area contributed by atoms with Crippen molar-refractivity contribution in [2.24, 2.45) is 0 Å². The van der Waals surface area contributed by atoms with E-state index in [1.807, 2.05) is 36.4 Å². The van der Waals surface area contributed by atoms with E-state index in [2.05, 4.69) is 17.2 Å². The van der Waals surface area contributed by atoms with Gasteiger partial charge < -0.3 is 14.8 Å². The number of piperidine rings is 2. The number of allylic oxidation sites excluding steroid dienone is 1. The van der Waals surface area contributed by atoms with Crippen LogP contribution in [0.1, 0.15) is 72.7 Å². The molecule has 4 aliphatic rings. The predicted molar refractivity (Wildman–Crippen MR) is 193 cm³/mol. The molecule has 2 atom stereocenters. The van der Waals surface area contributed by atoms with Gasteiger partial charge in [0, 0.05) is 18.5 Å². The van der Waals surface area contributed by atoms with Crippen molar-refractivity contribution >= 4 is 41.4 Å². The molecule has 0 radical (unpaired) electrons. The number of imide groups is 3. The minimum absolute atomic E-state index is 0.0805. The number of rotatable bonds is 8. The SMILES string of the molecule is C=C1CCC(N2C(=O)c3cccc(OCCc4ccccc4)c3C2=O)C(=O)N1.O=C1CCC(N2C(=O)c3cccc(Oc4ccccc4)c3C2=O)C(=O)N1. The highest BCUT2D eigenvalue weighted by Crippen LogP contribution is 2.36. The van der Waals surface area contributed by atoms with Crippen molar-refractivity contribution in [2.75, 3.05) is 6.61 Å². The fourth-order valence-electron chi connectivity index (χ4n) is 6.79. The first-order valence-electron chi connectivity index (χ1n) is 17.4. The Morgan fingerprint density at radius 1 is 0.593 bits per heavy atom. The Balaban J connectivity index is 0.000000167. The molecular formula is C41H34N4O9. The summed E-state index contributed by atoms with van der Waals surface area (Å²) in [5, 5.41) is 4.80. The summed E-state index contributed by atoms with van der Waals surface area (Å²) >= 11 is 0. The first kappa shape index (κ1) is 35.5. The highest BCUT2D eigenvalue weighted by atomic mass is 16.5. The van der Waals surface area contributed by atoms with Gasteiger partial charge in [-0.1, -0.05) is 67.2 Å². The first-order chi connectivity index (χ1) is 26.1. The summed E-state index contributed by atoms with van der Waals surface area (Å²) in [5.41, 5.74) is 2.55. The Bertz CT molecular complexity index is 2220. The fourth-order valence-corrected chi connectivity index (χ4v) is 6.79. The summed E-state index contributed by atoms with van der Waals surface area (Å²) in [7, 11) is 0. The smallest absolute Gasteiger partial charge is 0.266 e. The molecule has 2 saturated heterocycles. The quantitative estimate of drug-likeness (QED) is 0.247. The second kappa shape index (κ2) is 15.0. The molecule has 2 fully saturated rings. The molecule has 272 valence electrons. The lowest BCUT2D eigenvalue weighted by Gasteiger charge is -2.29. The number of hydrogen-bond donors (Lipinski definition) is 2. The molecule has 8 rings (SSSR count). The zero-order valence-corrected chi connectivity index (χ0v) is 28.9. The van der Waals surface area contributed by atoms with Crippen LogP contribution in [0.4, 0.5) is 0 Å². The minimum atomic E-state index is -0.996. The molecule has 0 bridgehead atoms. The maximum Gasteiger partial charge on any atom is 0.266 e. The van der Waals surface area contributed by atoms with Gasteiger partial charge in [-0.05, 0) is 61.2 Å². The van der Waals surface area contributed by atoms with Gasteiger partial charge in [0.1, 0.15) is 29.3 Å². The molecule has 4 heterocycles. The van der Waals surface area contributed by atoms with Crippen molar-refractivity contribution in [3.05, 3.63) is 137 Å². The Morgan fingerprint density at radius 2 is 1.13 bits per heavy atom. The highest BCUT2D eigenvalue weighted by Gasteiger charge is 2.47. The molecule has 2 unspecified atom stereocenters. The van der Waals surface area contributed by atoms with Crippen LogP contribution in [0.3, 0.4) is 0 Å². The van der Waals surface area contributed by atoms with E-state index in [0.29, 0.717) is 43.1 Å². The lowest BCUT2D eigenvalue weighted by Crippen LogP contribution is -2.54. The third kappa shape index (κ3) is 6.86. The van der Waals surface area contributed by atoms with Crippen molar-refractivity contribution in [3.63, 3.8) is 0 Å². The number of amides is 7. The lowest BCUT2D eigenvalue weighted by atomic mass is 10.0. The van der Waals surface area contributed by atoms with Crippen LogP contribution in [0.5, 0.6) is 17.2 Å². The lowest BCUT2D eigenvalue weighted by molar-refractivity contribution is -0.136. The van der Waals surface area contributed by atoms with Gasteiger partial charge in [0.2, 0.25) is 17.7 Å². The van der Waals surface area contributed by atoms with Gasteiger partial charge in [0.15, 0.2) is 0 Å². The van der Waals surface area contributed by atoms with Crippen LogP contribution < -0.4 is 20.1 Å². The molecule has 7 amide bonds. The van der Waals surface area contributed by atoms with E-state index in [0.717, 1.165) is 15.4 Å². The summed E-state index contributed by atoms with van der Waals surface area (Å²) in [4.78, 5) is 89.2. The zero-order valence-electron chi connectivity index (χ0n) is 28.9. The van der Waals surface area contributed by atoms with Gasteiger partial charge >= 0.3 is 0 Å². The molecule has 13 heteroatoms. The number of para-hydroxylation sites is 1. The predicted octanol–water partition coefficient (Wildman–Crippen LogP) is 4.58. The summed E-state index contributed by atoms with van der Waals surface area (Å²) < 4.78 is 11.6. The van der Waals surface area contributed by atoms with Gasteiger partial charge in [-0.25, -0.2) is 0 Å². The van der Waals surface area contributed by atoms with Crippen molar-refractivity contribution in [3.8, 4) is 17.2 Å². The largest absolute Gasteiger partial charge is 0.492 e. The molecule has 4 aliphatic heterocycles. The topological polar surface area (TPSA) is 168 Å². The average molecular weight is 727 g/mol. The van der Waals surface area contributed by atoms with E-state index in [4.69, 9.17) is 9.47 Å². The van der Waals surface area contributed by atoms with Gasteiger partial charge in [0.05, 0.1) is 28.9 Å². The molecule has 4 aromatic carbocycles. The van der Waals surface area contributed by atoms with E-state index in [1.54, 1.807) is 54.6 Å². The van der Waals surface area contributed by atoms with Crippen LogP contribution in [0, 0.1) is 0 Å². The Hall–Kier alpha value is -6.89. The number of nitrogens with one attached hydrogen (secondary N) is 2. The minimum Gasteiger partial charge on any atom is -0.492 e. The van der Waals surface area contributed by atoms with Crippen LogP contribution in [-0.4, -0.2) is 69.8 Å². The molecule has 54 heavy (non-hydrogen) atoms. The number of fused-ring (bicyclic) bond motifs is 2. The third-order valence-electron chi connectivity index (χ3n) is 9.43. The van der Waals surface area contributed by atoms with Gasteiger partial charge in [0.25, 0.3) is 23.6 Å². The number of hydrogen-bond acceptors (Lipinski definition) is 9. The summed E-state index contributed by atoms with van der Waals surface area (Å²) in [6, 6.07) is 26.7. The second-order valence-electron chi connectivity index (χ2n) is 12.9. The van der Waals surface area contributed by atoms with Crippen molar-refractivity contribution in [1.29, 1.82) is 0 Å². The van der Waals surface area contributed by atoms with E-state index in [9.17, 15) is 33.6 Å². The highest BCUT2D eigenvalue weighted by molar-refractivity contribution is 6.25. The standard InChI is InChI=1S/C22H20N2O4.C19H14N2O5/c1-14-10-11-17(20(25)23-14)24-21(26)16-8-5-9-18(19(16)22(24)27)28-13-12-15-6-3-2-4-7-15;22-15-10-9-13(17(23)20-15)21-18(24)12-7-4-8-14(16(12)19(21)25)26-11-5-2-1-3-6-11/h2-9,17H,1,10-13H2,(H,23,25);1-8,13H,9-10H2,(H,20,22,23). The number of benzene rings is 4. The zero-order chi connectivity index (χ0) is 37.9. The van der Waals surface area contributed by atoms with Crippen LogP contribution in [-0.2, 0) is 20.8 Å². The molecule has 4 aromatic rings. The molecular weight excluding hydrogens is 692 g/mol. The van der Waals surface area contributed by atoms with Crippen LogP contribution in [0.15, 0.2) is 109 Å². The monoisotopic (exact) mass is 726 g/mol. The van der Waals surface area contributed by atoms with Crippen molar-refractivity contribution < 1.29 is 43.0 Å². The van der Waals surface area contributed by atoms with Crippen LogP contribution in [0.2, 0.25) is 0 Å². The summed E-state index contributed by atoms with van der Waals surface area (Å²) in [6.45, 7) is 4.12. The van der Waals surface area contributed by atoms with E-state index in [1.165, 1.54) is 6.07 Å². The maximum atomic E-state index is 13.0. The second-order valence-corrected chi connectivity index (χ2v) is 12.9. The van der Waals surface area contributed by atoms with E-state index < -0.39 is 47.5 Å².